The minimum absolute atomic E-state index is 0.0124. The number of ether oxygens (including phenoxy) is 3. The zero-order valence-corrected chi connectivity index (χ0v) is 16.0. The summed E-state index contributed by atoms with van der Waals surface area (Å²) in [6.07, 6.45) is 2.01. The number of carbonyl (C=O) groups is 1. The van der Waals surface area contributed by atoms with Gasteiger partial charge in [0.05, 0.1) is 12.0 Å². The van der Waals surface area contributed by atoms with Gasteiger partial charge in [0.15, 0.2) is 11.5 Å². The van der Waals surface area contributed by atoms with Crippen LogP contribution in [0.25, 0.3) is 0 Å². The molecule has 0 saturated carbocycles. The van der Waals surface area contributed by atoms with Crippen LogP contribution >= 0.6 is 0 Å². The zero-order valence-electron chi connectivity index (χ0n) is 16.0. The van der Waals surface area contributed by atoms with E-state index in [4.69, 9.17) is 14.2 Å². The van der Waals surface area contributed by atoms with Crippen molar-refractivity contribution in [2.75, 3.05) is 46.6 Å². The van der Waals surface area contributed by atoms with E-state index >= 15 is 0 Å². The number of fused-ring (bicyclic) bond motifs is 1. The van der Waals surface area contributed by atoms with Gasteiger partial charge in [0.2, 0.25) is 5.91 Å². The average Bonchev–Trinajstić information content (AvgIpc) is 2.66. The molecule has 6 heteroatoms. The van der Waals surface area contributed by atoms with E-state index in [-0.39, 0.29) is 11.3 Å². The molecule has 0 unspecified atom stereocenters. The minimum atomic E-state index is -0.656. The van der Waals surface area contributed by atoms with Crippen molar-refractivity contribution in [1.29, 1.82) is 0 Å². The van der Waals surface area contributed by atoms with Crippen molar-refractivity contribution in [3.63, 3.8) is 0 Å². The lowest BCUT2D eigenvalue weighted by molar-refractivity contribution is -0.126. The fraction of sp³-hybridized carbons (Fsp3) is 0.650. The zero-order chi connectivity index (χ0) is 18.6. The first-order chi connectivity index (χ1) is 12.5. The summed E-state index contributed by atoms with van der Waals surface area (Å²) in [6.45, 7) is 8.21. The minimum Gasteiger partial charge on any atom is -0.486 e. The van der Waals surface area contributed by atoms with Gasteiger partial charge in [-0.15, -0.1) is 0 Å². The second-order valence-electron chi connectivity index (χ2n) is 7.85. The molecule has 0 aromatic heterocycles. The van der Waals surface area contributed by atoms with Crippen LogP contribution in [0.5, 0.6) is 11.5 Å². The van der Waals surface area contributed by atoms with Crippen LogP contribution in [0.1, 0.15) is 32.3 Å². The molecule has 144 valence electrons. The number of rotatable bonds is 6. The summed E-state index contributed by atoms with van der Waals surface area (Å²) in [7, 11) is 1.73. The highest BCUT2D eigenvalue weighted by atomic mass is 16.6. The summed E-state index contributed by atoms with van der Waals surface area (Å²) < 4.78 is 16.7. The van der Waals surface area contributed by atoms with Gasteiger partial charge in [-0.1, -0.05) is 6.07 Å². The topological polar surface area (TPSA) is 68.8 Å². The van der Waals surface area contributed by atoms with Crippen LogP contribution in [0.2, 0.25) is 0 Å². The van der Waals surface area contributed by atoms with Gasteiger partial charge in [0.25, 0.3) is 0 Å². The normalized spacial score (nSPS) is 19.0. The van der Waals surface area contributed by atoms with E-state index in [0.717, 1.165) is 37.2 Å². The number of amides is 1. The average molecular weight is 362 g/mol. The highest BCUT2D eigenvalue weighted by Gasteiger charge is 2.36. The first-order valence-corrected chi connectivity index (χ1v) is 9.35. The summed E-state index contributed by atoms with van der Waals surface area (Å²) >= 11 is 0. The molecule has 1 aromatic carbocycles. The molecule has 2 aliphatic rings. The smallest absolute Gasteiger partial charge is 0.230 e. The molecule has 1 saturated heterocycles. The summed E-state index contributed by atoms with van der Waals surface area (Å²) in [5, 5.41) is 6.55. The molecule has 26 heavy (non-hydrogen) atoms. The largest absolute Gasteiger partial charge is 0.486 e. The summed E-state index contributed by atoms with van der Waals surface area (Å²) in [5.74, 6) is 1.47. The Morgan fingerprint density at radius 3 is 2.62 bits per heavy atom. The fourth-order valence-corrected chi connectivity index (χ4v) is 3.69. The van der Waals surface area contributed by atoms with Crippen molar-refractivity contribution in [2.45, 2.75) is 32.1 Å². The van der Waals surface area contributed by atoms with Gasteiger partial charge in [-0.05, 0) is 57.5 Å². The first-order valence-electron chi connectivity index (χ1n) is 9.35. The maximum Gasteiger partial charge on any atom is 0.230 e. The van der Waals surface area contributed by atoms with Crippen molar-refractivity contribution in [2.24, 2.45) is 5.41 Å². The Bertz CT molecular complexity index is 633. The number of benzene rings is 1. The third kappa shape index (κ3) is 3.96. The van der Waals surface area contributed by atoms with Crippen LogP contribution in [0.3, 0.4) is 0 Å². The Morgan fingerprint density at radius 2 is 1.92 bits per heavy atom. The highest BCUT2D eigenvalue weighted by Crippen LogP contribution is 2.35. The standard InChI is InChI=1S/C20H30N2O4/c1-19(2,15-4-5-16-17(12-15)26-11-10-25-16)18(23)22-13-20(14-24-3)6-8-21-9-7-20/h4-5,12,21H,6-11,13-14H2,1-3H3,(H,22,23). The molecule has 1 aromatic rings. The van der Waals surface area contributed by atoms with Crippen LogP contribution in [0.15, 0.2) is 18.2 Å². The lowest BCUT2D eigenvalue weighted by Crippen LogP contribution is -2.50. The Morgan fingerprint density at radius 1 is 1.23 bits per heavy atom. The Balaban J connectivity index is 1.69. The highest BCUT2D eigenvalue weighted by molar-refractivity contribution is 5.87. The van der Waals surface area contributed by atoms with Gasteiger partial charge < -0.3 is 24.8 Å². The molecule has 2 heterocycles. The second kappa shape index (κ2) is 7.84. The van der Waals surface area contributed by atoms with Gasteiger partial charge in [-0.25, -0.2) is 0 Å². The van der Waals surface area contributed by atoms with E-state index in [1.807, 2.05) is 32.0 Å². The van der Waals surface area contributed by atoms with Crippen molar-refractivity contribution in [1.82, 2.24) is 10.6 Å². The number of hydrogen-bond donors (Lipinski definition) is 2. The summed E-state index contributed by atoms with van der Waals surface area (Å²) in [5.41, 5.74) is 0.278. The lowest BCUT2D eigenvalue weighted by atomic mass is 9.78. The number of piperidine rings is 1. The third-order valence-corrected chi connectivity index (χ3v) is 5.57. The maximum atomic E-state index is 13.0. The van der Waals surface area contributed by atoms with E-state index in [1.54, 1.807) is 7.11 Å². The second-order valence-corrected chi connectivity index (χ2v) is 7.85. The molecule has 1 amide bonds. The van der Waals surface area contributed by atoms with Gasteiger partial charge >= 0.3 is 0 Å². The molecule has 6 nitrogen and oxygen atoms in total. The SMILES string of the molecule is COCC1(CNC(=O)C(C)(C)c2ccc3c(c2)OCCO3)CCNCC1. The Kier molecular flexibility index (Phi) is 5.73. The van der Waals surface area contributed by atoms with Gasteiger partial charge in [-0.2, -0.15) is 0 Å². The van der Waals surface area contributed by atoms with Crippen LogP contribution in [-0.4, -0.2) is 52.5 Å². The van der Waals surface area contributed by atoms with Crippen LogP contribution < -0.4 is 20.1 Å². The third-order valence-electron chi connectivity index (χ3n) is 5.57. The molecule has 2 aliphatic heterocycles. The number of methoxy groups -OCH3 is 1. The summed E-state index contributed by atoms with van der Waals surface area (Å²) in [4.78, 5) is 13.0. The predicted molar refractivity (Wildman–Crippen MR) is 99.9 cm³/mol. The molecule has 1 fully saturated rings. The van der Waals surface area contributed by atoms with E-state index in [9.17, 15) is 4.79 Å². The fourth-order valence-electron chi connectivity index (χ4n) is 3.69. The molecule has 0 radical (unpaired) electrons. The van der Waals surface area contributed by atoms with E-state index in [1.165, 1.54) is 0 Å². The number of hydrogen-bond acceptors (Lipinski definition) is 5. The number of carbonyl (C=O) groups excluding carboxylic acids is 1. The Hall–Kier alpha value is -1.79. The quantitative estimate of drug-likeness (QED) is 0.809. The van der Waals surface area contributed by atoms with Crippen LogP contribution in [0, 0.1) is 5.41 Å². The molecular formula is C20H30N2O4. The molecule has 2 N–H and O–H groups in total. The van der Waals surface area contributed by atoms with Crippen molar-refractivity contribution >= 4 is 5.91 Å². The van der Waals surface area contributed by atoms with Crippen LogP contribution in [0.4, 0.5) is 0 Å². The maximum absolute atomic E-state index is 13.0. The van der Waals surface area contributed by atoms with Crippen molar-refractivity contribution < 1.29 is 19.0 Å². The molecule has 0 atom stereocenters. The van der Waals surface area contributed by atoms with E-state index < -0.39 is 5.41 Å². The van der Waals surface area contributed by atoms with E-state index in [0.29, 0.717) is 32.1 Å². The van der Waals surface area contributed by atoms with Crippen molar-refractivity contribution in [3.05, 3.63) is 23.8 Å². The predicted octanol–water partition coefficient (Wildman–Crippen LogP) is 1.87. The molecule has 3 rings (SSSR count). The Labute approximate surface area is 155 Å². The van der Waals surface area contributed by atoms with E-state index in [2.05, 4.69) is 10.6 Å². The summed E-state index contributed by atoms with van der Waals surface area (Å²) in [6, 6.07) is 5.75. The monoisotopic (exact) mass is 362 g/mol. The molecule has 0 aliphatic carbocycles. The molecule has 0 spiro atoms. The van der Waals surface area contributed by atoms with Crippen molar-refractivity contribution in [3.8, 4) is 11.5 Å². The van der Waals surface area contributed by atoms with Gasteiger partial charge in [0, 0.05) is 19.1 Å². The lowest BCUT2D eigenvalue weighted by Gasteiger charge is -2.38. The first kappa shape index (κ1) is 19.0. The van der Waals surface area contributed by atoms with Gasteiger partial charge in [-0.3, -0.25) is 4.79 Å². The molecular weight excluding hydrogens is 332 g/mol. The van der Waals surface area contributed by atoms with Crippen LogP contribution in [-0.2, 0) is 14.9 Å². The molecule has 0 bridgehead atoms. The van der Waals surface area contributed by atoms with Gasteiger partial charge in [0.1, 0.15) is 13.2 Å². The number of nitrogens with one attached hydrogen (secondary N) is 2.